The van der Waals surface area contributed by atoms with Gasteiger partial charge in [-0.1, -0.05) is 44.2 Å². The zero-order valence-corrected chi connectivity index (χ0v) is 17.2. The number of methoxy groups -OCH3 is 1. The van der Waals surface area contributed by atoms with Gasteiger partial charge < -0.3 is 15.0 Å². The summed E-state index contributed by atoms with van der Waals surface area (Å²) in [6.45, 7) is 7.28. The maximum Gasteiger partial charge on any atom is 0.226 e. The van der Waals surface area contributed by atoms with E-state index >= 15 is 0 Å². The molecule has 6 heteroatoms. The van der Waals surface area contributed by atoms with Crippen LogP contribution in [0.5, 0.6) is 0 Å². The van der Waals surface area contributed by atoms with Crippen LogP contribution in [0.15, 0.2) is 42.7 Å². The van der Waals surface area contributed by atoms with Gasteiger partial charge in [0.1, 0.15) is 12.1 Å². The van der Waals surface area contributed by atoms with E-state index < -0.39 is 5.41 Å². The van der Waals surface area contributed by atoms with Gasteiger partial charge in [-0.05, 0) is 25.3 Å². The summed E-state index contributed by atoms with van der Waals surface area (Å²) in [6.07, 6.45) is 3.29. The fourth-order valence-electron chi connectivity index (χ4n) is 3.75. The van der Waals surface area contributed by atoms with Crippen molar-refractivity contribution in [2.24, 2.45) is 5.41 Å². The molecule has 28 heavy (non-hydrogen) atoms. The van der Waals surface area contributed by atoms with Crippen LogP contribution in [0.25, 0.3) is 0 Å². The predicted molar refractivity (Wildman–Crippen MR) is 110 cm³/mol. The van der Waals surface area contributed by atoms with Gasteiger partial charge in [-0.15, -0.1) is 0 Å². The predicted octanol–water partition coefficient (Wildman–Crippen LogP) is 2.76. The topological polar surface area (TPSA) is 67.3 Å². The lowest BCUT2D eigenvalue weighted by atomic mass is 9.84. The lowest BCUT2D eigenvalue weighted by Gasteiger charge is -2.28. The minimum atomic E-state index is -0.475. The molecule has 1 aliphatic rings. The minimum absolute atomic E-state index is 0.0658. The summed E-state index contributed by atoms with van der Waals surface area (Å²) in [5, 5.41) is 3.16. The Hall–Kier alpha value is -2.47. The summed E-state index contributed by atoms with van der Waals surface area (Å²) in [6, 6.07) is 12.3. The van der Waals surface area contributed by atoms with Gasteiger partial charge in [0.2, 0.25) is 5.91 Å². The Labute approximate surface area is 167 Å². The molecule has 1 saturated heterocycles. The number of nitrogens with zero attached hydrogens (tertiary/aromatic N) is 3. The molecule has 0 unspecified atom stereocenters. The van der Waals surface area contributed by atoms with Crippen molar-refractivity contribution in [3.05, 3.63) is 54.0 Å². The molecule has 0 aliphatic carbocycles. The average molecular weight is 383 g/mol. The molecule has 6 nitrogen and oxygen atoms in total. The third-order valence-electron chi connectivity index (χ3n) is 5.39. The van der Waals surface area contributed by atoms with Crippen LogP contribution in [0.1, 0.15) is 31.5 Å². The van der Waals surface area contributed by atoms with Crippen LogP contribution in [-0.4, -0.2) is 48.2 Å². The first-order chi connectivity index (χ1) is 13.4. The maximum atomic E-state index is 12.9. The van der Waals surface area contributed by atoms with E-state index in [9.17, 15) is 4.79 Å². The Morgan fingerprint density at radius 3 is 2.71 bits per heavy atom. The molecule has 0 saturated carbocycles. The Morgan fingerprint density at radius 2 is 2.04 bits per heavy atom. The van der Waals surface area contributed by atoms with Gasteiger partial charge in [-0.25, -0.2) is 9.97 Å². The molecule has 0 spiro atoms. The van der Waals surface area contributed by atoms with E-state index in [1.807, 2.05) is 45.0 Å². The van der Waals surface area contributed by atoms with Crippen molar-refractivity contribution in [1.82, 2.24) is 15.3 Å². The molecule has 0 bridgehead atoms. The van der Waals surface area contributed by atoms with E-state index in [0.717, 1.165) is 24.5 Å². The number of hydrogen-bond acceptors (Lipinski definition) is 5. The van der Waals surface area contributed by atoms with Gasteiger partial charge in [0.05, 0.1) is 12.1 Å². The highest BCUT2D eigenvalue weighted by Gasteiger charge is 2.35. The molecular formula is C22H30N4O2. The van der Waals surface area contributed by atoms with Gasteiger partial charge in [-0.3, -0.25) is 4.79 Å². The van der Waals surface area contributed by atoms with Crippen molar-refractivity contribution in [3.8, 4) is 0 Å². The first kappa shape index (κ1) is 20.3. The molecule has 1 N–H and O–H groups in total. The molecule has 1 fully saturated rings. The molecule has 2 atom stereocenters. The third-order valence-corrected chi connectivity index (χ3v) is 5.39. The largest absolute Gasteiger partial charge is 0.380 e. The summed E-state index contributed by atoms with van der Waals surface area (Å²) in [5.74, 6) is 0.950. The number of anilines is 1. The van der Waals surface area contributed by atoms with Crippen molar-refractivity contribution < 1.29 is 9.53 Å². The van der Waals surface area contributed by atoms with Crippen LogP contribution in [0.4, 0.5) is 5.82 Å². The highest BCUT2D eigenvalue weighted by atomic mass is 16.5. The summed E-state index contributed by atoms with van der Waals surface area (Å²) in [5.41, 5.74) is 1.62. The standard InChI is InChI=1S/C22H30N4O2/c1-16-10-20(25-15-24-16)26-14-19(28-4)11-18(26)13-23-21(27)22(2,3)12-17-8-6-5-7-9-17/h5-10,15,18-19H,11-14H2,1-4H3,(H,23,27)/t18-,19-/m0/s1. The molecule has 150 valence electrons. The number of ether oxygens (including phenoxy) is 1. The van der Waals surface area contributed by atoms with Crippen molar-refractivity contribution in [3.63, 3.8) is 0 Å². The Balaban J connectivity index is 1.64. The molecule has 0 radical (unpaired) electrons. The van der Waals surface area contributed by atoms with E-state index in [2.05, 4.69) is 32.3 Å². The molecule has 2 heterocycles. The smallest absolute Gasteiger partial charge is 0.226 e. The molecule has 3 rings (SSSR count). The first-order valence-corrected chi connectivity index (χ1v) is 9.79. The summed E-state index contributed by atoms with van der Waals surface area (Å²) >= 11 is 0. The van der Waals surface area contributed by atoms with Crippen LogP contribution in [0, 0.1) is 12.3 Å². The van der Waals surface area contributed by atoms with Gasteiger partial charge in [0.15, 0.2) is 0 Å². The minimum Gasteiger partial charge on any atom is -0.380 e. The second kappa shape index (κ2) is 8.69. The summed E-state index contributed by atoms with van der Waals surface area (Å²) in [7, 11) is 1.73. The molecule has 2 aromatic rings. The highest BCUT2D eigenvalue weighted by molar-refractivity contribution is 5.82. The Morgan fingerprint density at radius 1 is 1.29 bits per heavy atom. The van der Waals surface area contributed by atoms with E-state index in [-0.39, 0.29) is 18.1 Å². The number of hydrogen-bond donors (Lipinski definition) is 1. The van der Waals surface area contributed by atoms with Gasteiger partial charge >= 0.3 is 0 Å². The lowest BCUT2D eigenvalue weighted by molar-refractivity contribution is -0.129. The third kappa shape index (κ3) is 4.87. The number of nitrogens with one attached hydrogen (secondary N) is 1. The fourth-order valence-corrected chi connectivity index (χ4v) is 3.75. The van der Waals surface area contributed by atoms with E-state index in [0.29, 0.717) is 13.0 Å². The van der Waals surface area contributed by atoms with Gasteiger partial charge in [0, 0.05) is 37.4 Å². The molecule has 1 amide bonds. The zero-order chi connectivity index (χ0) is 20.1. The normalized spacial score (nSPS) is 19.6. The SMILES string of the molecule is CO[C@H]1C[C@@H](CNC(=O)C(C)(C)Cc2ccccc2)N(c2cc(C)ncn2)C1. The summed E-state index contributed by atoms with van der Waals surface area (Å²) < 4.78 is 5.58. The van der Waals surface area contributed by atoms with E-state index in [4.69, 9.17) is 4.74 Å². The number of benzene rings is 1. The quantitative estimate of drug-likeness (QED) is 0.798. The van der Waals surface area contributed by atoms with Crippen molar-refractivity contribution in [2.75, 3.05) is 25.1 Å². The second-order valence-electron chi connectivity index (χ2n) is 8.17. The molecule has 1 aromatic heterocycles. The van der Waals surface area contributed by atoms with Crippen LogP contribution >= 0.6 is 0 Å². The number of aromatic nitrogens is 2. The van der Waals surface area contributed by atoms with Crippen molar-refractivity contribution in [1.29, 1.82) is 0 Å². The number of aryl methyl sites for hydroxylation is 1. The zero-order valence-electron chi connectivity index (χ0n) is 17.2. The van der Waals surface area contributed by atoms with Crippen LogP contribution < -0.4 is 10.2 Å². The van der Waals surface area contributed by atoms with Crippen LogP contribution in [0.3, 0.4) is 0 Å². The molecular weight excluding hydrogens is 352 g/mol. The van der Waals surface area contributed by atoms with Crippen LogP contribution in [-0.2, 0) is 16.0 Å². The summed E-state index contributed by atoms with van der Waals surface area (Å²) in [4.78, 5) is 23.7. The maximum absolute atomic E-state index is 12.9. The lowest BCUT2D eigenvalue weighted by Crippen LogP contribution is -2.45. The highest BCUT2D eigenvalue weighted by Crippen LogP contribution is 2.26. The molecule has 1 aromatic carbocycles. The van der Waals surface area contributed by atoms with E-state index in [1.54, 1.807) is 13.4 Å². The number of rotatable bonds is 7. The number of carbonyl (C=O) groups excluding carboxylic acids is 1. The van der Waals surface area contributed by atoms with E-state index in [1.165, 1.54) is 5.56 Å². The monoisotopic (exact) mass is 382 g/mol. The van der Waals surface area contributed by atoms with Crippen LogP contribution in [0.2, 0.25) is 0 Å². The number of carbonyl (C=O) groups is 1. The Bertz CT molecular complexity index is 794. The Kier molecular flexibility index (Phi) is 6.29. The van der Waals surface area contributed by atoms with Gasteiger partial charge in [-0.2, -0.15) is 0 Å². The number of amides is 1. The first-order valence-electron chi connectivity index (χ1n) is 9.79. The van der Waals surface area contributed by atoms with Crippen molar-refractivity contribution >= 4 is 11.7 Å². The van der Waals surface area contributed by atoms with Gasteiger partial charge in [0.25, 0.3) is 0 Å². The molecule has 1 aliphatic heterocycles. The second-order valence-corrected chi connectivity index (χ2v) is 8.17. The fraction of sp³-hybridized carbons (Fsp3) is 0.500. The van der Waals surface area contributed by atoms with Crippen molar-refractivity contribution in [2.45, 2.75) is 45.8 Å². The average Bonchev–Trinajstić information content (AvgIpc) is 3.10.